The Hall–Kier alpha value is -7.49. The molecular weight excluding hydrogens is 1600 g/mol. The molecule has 31 heteroatoms. The van der Waals surface area contributed by atoms with Crippen LogP contribution >= 0.6 is 34.7 Å². The molecule has 0 radical (unpaired) electrons. The summed E-state index contributed by atoms with van der Waals surface area (Å²) in [6.07, 6.45) is 6.56. The van der Waals surface area contributed by atoms with Gasteiger partial charge in [0.2, 0.25) is 23.6 Å². The highest BCUT2D eigenvalue weighted by atomic mass is 35.5. The van der Waals surface area contributed by atoms with Crippen molar-refractivity contribution < 1.29 is 63.8 Å². The number of rotatable bonds is 30. The second-order valence-electron chi connectivity index (χ2n) is 33.5. The van der Waals surface area contributed by atoms with Crippen molar-refractivity contribution in [2.45, 2.75) is 175 Å². The maximum absolute atomic E-state index is 14.5. The fraction of sp³-hybridized carbons (Fsp3) is 0.535. The molecule has 12 rings (SSSR count). The molecule has 6 aliphatic rings. The summed E-state index contributed by atoms with van der Waals surface area (Å²) in [7, 11) is -11.0. The molecule has 0 unspecified atom stereocenters. The van der Waals surface area contributed by atoms with Crippen molar-refractivity contribution in [3.8, 4) is 10.4 Å². The number of aryl methyl sites for hydroxylation is 1. The van der Waals surface area contributed by atoms with E-state index in [1.54, 1.807) is 23.5 Å². The lowest BCUT2D eigenvalue weighted by molar-refractivity contribution is -0.144. The average molecular weight is 1710 g/mol. The van der Waals surface area contributed by atoms with Crippen molar-refractivity contribution in [2.75, 3.05) is 134 Å². The van der Waals surface area contributed by atoms with Gasteiger partial charge >= 0.3 is 5.51 Å². The largest absolute Gasteiger partial charge is 0.501 e. The molecule has 5 fully saturated rings. The number of aliphatic hydroxyl groups is 1. The van der Waals surface area contributed by atoms with Gasteiger partial charge in [-0.3, -0.25) is 33.8 Å². The summed E-state index contributed by atoms with van der Waals surface area (Å²) in [5, 5.41) is 20.5. The van der Waals surface area contributed by atoms with Gasteiger partial charge in [0.05, 0.1) is 45.4 Å². The highest BCUT2D eigenvalue weighted by Crippen LogP contribution is 2.45. The minimum atomic E-state index is -6.11. The van der Waals surface area contributed by atoms with E-state index < -0.39 is 82.3 Å². The first-order valence-electron chi connectivity index (χ1n) is 40.9. The molecule has 0 bridgehead atoms. The number of aromatic nitrogens is 1. The van der Waals surface area contributed by atoms with Crippen molar-refractivity contribution in [3.63, 3.8) is 0 Å². The number of unbranched alkanes of at least 4 members (excludes halogenated alkanes) is 1. The number of piperidine rings is 1. The Bertz CT molecular complexity index is 4670. The summed E-state index contributed by atoms with van der Waals surface area (Å²) in [4.78, 5) is 88.8. The summed E-state index contributed by atoms with van der Waals surface area (Å²) < 4.78 is 105. The first kappa shape index (κ1) is 88.8. The number of nitrogens with one attached hydrogen (secondary N) is 4. The average Bonchev–Trinajstić information content (AvgIpc) is 1.36. The number of anilines is 2. The molecule has 6 heterocycles. The number of likely N-dealkylation sites (tertiary alicyclic amines) is 2. The quantitative estimate of drug-likeness (QED) is 0.0207. The van der Waals surface area contributed by atoms with E-state index in [1.165, 1.54) is 45.5 Å². The number of hydrogen-bond acceptors (Lipinski definition) is 20. The molecule has 1 aliphatic carbocycles. The lowest BCUT2D eigenvalue weighted by Gasteiger charge is -2.46. The normalized spacial score (nSPS) is 21.0. The number of carbonyl (C=O) groups excluding carboxylic acids is 5. The number of nitrogens with zero attached hydrogens (tertiary/aromatic N) is 8. The van der Waals surface area contributed by atoms with E-state index >= 15 is 0 Å². The van der Waals surface area contributed by atoms with E-state index in [-0.39, 0.29) is 54.1 Å². The minimum Gasteiger partial charge on any atom is -0.391 e. The summed E-state index contributed by atoms with van der Waals surface area (Å²) in [6, 6.07) is 31.9. The van der Waals surface area contributed by atoms with Crippen molar-refractivity contribution in [3.05, 3.63) is 160 Å². The second kappa shape index (κ2) is 39.4. The summed E-state index contributed by atoms with van der Waals surface area (Å²) in [5.41, 5.74) is 2.55. The Kier molecular flexibility index (Phi) is 29.9. The van der Waals surface area contributed by atoms with E-state index in [4.69, 9.17) is 16.3 Å². The number of carbonyl (C=O) groups is 5. The molecule has 6 aromatic rings. The molecule has 5 aromatic carbocycles. The second-order valence-corrected chi connectivity index (χ2v) is 39.5. The van der Waals surface area contributed by atoms with E-state index in [2.05, 4.69) is 64.5 Å². The number of thiazole rings is 1. The number of allylic oxidation sites excluding steroid dienone is 1. The fourth-order valence-electron chi connectivity index (χ4n) is 17.0. The van der Waals surface area contributed by atoms with Gasteiger partial charge < -0.3 is 50.3 Å². The standard InChI is InChI=1S/C86H112ClF3N12O11S4/c1-59(61-17-19-63(20-18-61)79-60(2)91-58-115-79)92-82(107)75-51-70(103)55-102(75)83(108)80(84(3,4)5)94-77(104)15-10-11-16-78(105)101-38-33-69(34-39-101)100-46-42-98(43-47-100)57-85(6)35-31-73(62-21-25-66(87)26-22-62)65(53-85)54-97-40-44-99(45-41-97)68-27-23-64(24-28-68)81(106)95-117(111,112)72-29-30-74(76(52-72)116(109,110)86(88,89)90)93-67(56-114-71-13-8-7-9-14-71)32-37-96-36-12-49-113-50-48-96/h7-9,13-14,17-30,52,58-59,67,69-70,75,80,93,103H,10-12,15-16,31-51,53-57H2,1-6H3,(H,92,107)(H,94,104)(H,95,106)/t59-,67+,70+,75-,80+,85+/m0/s1. The molecule has 5 saturated heterocycles. The number of hydrogen-bond donors (Lipinski definition) is 5. The van der Waals surface area contributed by atoms with Crippen LogP contribution in [0, 0.1) is 17.8 Å². The number of aliphatic hydroxyl groups excluding tert-OH is 1. The number of amides is 5. The van der Waals surface area contributed by atoms with E-state index in [1.807, 2.05) is 116 Å². The number of piperazine rings is 2. The van der Waals surface area contributed by atoms with Crippen molar-refractivity contribution in [1.29, 1.82) is 0 Å². The van der Waals surface area contributed by atoms with E-state index in [9.17, 15) is 59.1 Å². The molecule has 0 saturated carbocycles. The van der Waals surface area contributed by atoms with Gasteiger partial charge in [-0.2, -0.15) is 13.2 Å². The summed E-state index contributed by atoms with van der Waals surface area (Å²) in [5.74, 6) is -1.73. The van der Waals surface area contributed by atoms with Crippen LogP contribution in [0.1, 0.15) is 145 Å². The zero-order valence-electron chi connectivity index (χ0n) is 67.8. The summed E-state index contributed by atoms with van der Waals surface area (Å²) >= 11 is 9.44. The highest BCUT2D eigenvalue weighted by Gasteiger charge is 2.49. The predicted molar refractivity (Wildman–Crippen MR) is 453 cm³/mol. The van der Waals surface area contributed by atoms with Gasteiger partial charge in [0.15, 0.2) is 0 Å². The van der Waals surface area contributed by atoms with Crippen LogP contribution in [0.25, 0.3) is 16.0 Å². The first-order valence-corrected chi connectivity index (χ1v) is 46.1. The van der Waals surface area contributed by atoms with Gasteiger partial charge in [0.1, 0.15) is 17.0 Å². The van der Waals surface area contributed by atoms with E-state index in [0.29, 0.717) is 101 Å². The molecule has 6 atom stereocenters. The van der Waals surface area contributed by atoms with Crippen LogP contribution in [0.2, 0.25) is 5.02 Å². The Labute approximate surface area is 700 Å². The zero-order valence-corrected chi connectivity index (χ0v) is 71.8. The number of benzene rings is 5. The van der Waals surface area contributed by atoms with Gasteiger partial charge in [0.25, 0.3) is 25.8 Å². The minimum absolute atomic E-state index is 0.0273. The van der Waals surface area contributed by atoms with Crippen molar-refractivity contribution >= 4 is 101 Å². The smallest absolute Gasteiger partial charge is 0.391 e. The van der Waals surface area contributed by atoms with Crippen molar-refractivity contribution in [1.82, 2.24) is 49.7 Å². The fourth-order valence-corrected chi connectivity index (χ4v) is 21.0. The maximum atomic E-state index is 14.5. The van der Waals surface area contributed by atoms with E-state index in [0.717, 1.165) is 142 Å². The van der Waals surface area contributed by atoms with Gasteiger partial charge in [-0.15, -0.1) is 23.1 Å². The van der Waals surface area contributed by atoms with Crippen LogP contribution in [0.3, 0.4) is 0 Å². The number of alkyl halides is 3. The van der Waals surface area contributed by atoms with Crippen LogP contribution in [0.5, 0.6) is 0 Å². The topological polar surface area (TPSA) is 267 Å². The zero-order chi connectivity index (χ0) is 83.4. The maximum Gasteiger partial charge on any atom is 0.501 e. The highest BCUT2D eigenvalue weighted by molar-refractivity contribution is 7.99. The van der Waals surface area contributed by atoms with Gasteiger partial charge in [-0.25, -0.2) is 26.5 Å². The van der Waals surface area contributed by atoms with Crippen LogP contribution < -0.4 is 25.6 Å². The Morgan fingerprint density at radius 3 is 2.14 bits per heavy atom. The van der Waals surface area contributed by atoms with Crippen LogP contribution in [-0.2, 0) is 43.8 Å². The van der Waals surface area contributed by atoms with Gasteiger partial charge in [-0.1, -0.05) is 99.5 Å². The SMILES string of the molecule is Cc1ncsc1-c1ccc([C@H](C)NC(=O)[C@@H]2C[C@@H](O)CN2C(=O)[C@@H](NC(=O)CCCCC(=O)N2CCC(N3CCN(C[C@]4(C)CCC(c5ccc(Cl)cc5)=C(CN5CCN(c6ccc(C(=O)NS(=O)(=O)c7ccc(N[C@H](CCN8CCCOCC8)CSc8ccccc8)c(S(=O)(=O)C(F)(F)F)c7)cc6)CC5)C4)CC3)CC2)C(C)(C)C)cc1. The molecule has 117 heavy (non-hydrogen) atoms. The molecule has 1 aromatic heterocycles. The van der Waals surface area contributed by atoms with Crippen LogP contribution in [-0.4, -0.2) is 245 Å². The predicted octanol–water partition coefficient (Wildman–Crippen LogP) is 12.2. The number of sulfonamides is 1. The van der Waals surface area contributed by atoms with Crippen molar-refractivity contribution in [2.24, 2.45) is 10.8 Å². The third-order valence-corrected chi connectivity index (χ3v) is 29.0. The third-order valence-electron chi connectivity index (χ3n) is 23.7. The number of thioether (sulfide) groups is 1. The Morgan fingerprint density at radius 1 is 0.778 bits per heavy atom. The number of sulfone groups is 1. The molecule has 23 nitrogen and oxygen atoms in total. The number of β-amino-alcohol motifs (C(OH)–C–C–N with tert-alkyl or cyclic N) is 1. The third kappa shape index (κ3) is 23.4. The van der Waals surface area contributed by atoms with Gasteiger partial charge in [-0.05, 0) is 171 Å². The van der Waals surface area contributed by atoms with Crippen LogP contribution in [0.15, 0.2) is 147 Å². The Balaban J connectivity index is 0.579. The molecule has 5 amide bonds. The molecule has 5 N–H and O–H groups in total. The Morgan fingerprint density at radius 2 is 1.46 bits per heavy atom. The number of halogens is 4. The summed E-state index contributed by atoms with van der Waals surface area (Å²) in [6.45, 7) is 24.7. The molecule has 634 valence electrons. The van der Waals surface area contributed by atoms with Gasteiger partial charge in [0, 0.05) is 170 Å². The monoisotopic (exact) mass is 1710 g/mol. The first-order chi connectivity index (χ1) is 55.8. The molecule has 5 aliphatic heterocycles. The lowest BCUT2D eigenvalue weighted by atomic mass is 9.71. The molecule has 0 spiro atoms. The van der Waals surface area contributed by atoms with Crippen LogP contribution in [0.4, 0.5) is 24.5 Å². The molecular formula is C86H112ClF3N12O11S4. The number of ether oxygens (including phenoxy) is 1. The lowest BCUT2D eigenvalue weighted by Crippen LogP contribution is -2.57.